The second kappa shape index (κ2) is 5.94. The predicted octanol–water partition coefficient (Wildman–Crippen LogP) is 3.58. The molecular formula is C14H10BrClN4O2. The highest BCUT2D eigenvalue weighted by molar-refractivity contribution is 9.10. The number of carbonyl (C=O) groups is 1. The van der Waals surface area contributed by atoms with Gasteiger partial charge in [0.1, 0.15) is 6.33 Å². The van der Waals surface area contributed by atoms with Crippen molar-refractivity contribution in [3.05, 3.63) is 51.8 Å². The summed E-state index contributed by atoms with van der Waals surface area (Å²) in [5.41, 5.74) is 3.14. The molecule has 0 aliphatic rings. The molecule has 1 aromatic carbocycles. The summed E-state index contributed by atoms with van der Waals surface area (Å²) in [7, 11) is 0. The molecule has 0 atom stereocenters. The zero-order chi connectivity index (χ0) is 15.7. The number of aromatic nitrogens is 3. The third-order valence-corrected chi connectivity index (χ3v) is 3.91. The van der Waals surface area contributed by atoms with E-state index in [9.17, 15) is 4.79 Å². The van der Waals surface area contributed by atoms with Gasteiger partial charge in [-0.25, -0.2) is 14.3 Å². The van der Waals surface area contributed by atoms with Crippen LogP contribution in [0.5, 0.6) is 0 Å². The molecule has 6 nitrogen and oxygen atoms in total. The standard InChI is InChI=1S/C14H10BrClN4O2/c15-10-4-12-13(18-7-19-20(12)6-10)8-1-2-9(11(16)3-8)5-17-14(21)22/h1-4,6-7,17H,5H2,(H,21,22). The minimum atomic E-state index is -1.09. The van der Waals surface area contributed by atoms with Crippen LogP contribution in [0, 0.1) is 0 Å². The number of hydrogen-bond donors (Lipinski definition) is 2. The van der Waals surface area contributed by atoms with Gasteiger partial charge < -0.3 is 10.4 Å². The quantitative estimate of drug-likeness (QED) is 0.727. The number of rotatable bonds is 3. The van der Waals surface area contributed by atoms with Crippen molar-refractivity contribution in [1.29, 1.82) is 0 Å². The van der Waals surface area contributed by atoms with Gasteiger partial charge in [-0.2, -0.15) is 5.10 Å². The zero-order valence-corrected chi connectivity index (χ0v) is 13.5. The number of fused-ring (bicyclic) bond motifs is 1. The van der Waals surface area contributed by atoms with Gasteiger partial charge in [-0.15, -0.1) is 0 Å². The summed E-state index contributed by atoms with van der Waals surface area (Å²) >= 11 is 9.64. The Morgan fingerprint density at radius 2 is 2.23 bits per heavy atom. The molecule has 2 heterocycles. The summed E-state index contributed by atoms with van der Waals surface area (Å²) in [5.74, 6) is 0. The Morgan fingerprint density at radius 3 is 2.95 bits per heavy atom. The first-order valence-electron chi connectivity index (χ1n) is 6.29. The van der Waals surface area contributed by atoms with Gasteiger partial charge in [-0.3, -0.25) is 0 Å². The van der Waals surface area contributed by atoms with Gasteiger partial charge in [-0.1, -0.05) is 23.7 Å². The minimum Gasteiger partial charge on any atom is -0.465 e. The maximum absolute atomic E-state index is 10.5. The van der Waals surface area contributed by atoms with Crippen molar-refractivity contribution in [2.75, 3.05) is 0 Å². The molecule has 0 unspecified atom stereocenters. The summed E-state index contributed by atoms with van der Waals surface area (Å²) in [6.07, 6.45) is 2.23. The average Bonchev–Trinajstić information content (AvgIpc) is 2.85. The van der Waals surface area contributed by atoms with Crippen molar-refractivity contribution >= 4 is 39.1 Å². The number of benzene rings is 1. The average molecular weight is 382 g/mol. The maximum atomic E-state index is 10.5. The molecule has 8 heteroatoms. The number of nitrogens with one attached hydrogen (secondary N) is 1. The molecule has 2 N–H and O–H groups in total. The largest absolute Gasteiger partial charge is 0.465 e. The topological polar surface area (TPSA) is 79.5 Å². The first kappa shape index (κ1) is 14.8. The summed E-state index contributed by atoms with van der Waals surface area (Å²) in [6.45, 7) is 0.157. The molecule has 3 aromatic rings. The molecule has 0 spiro atoms. The molecule has 0 aliphatic carbocycles. The minimum absolute atomic E-state index is 0.157. The maximum Gasteiger partial charge on any atom is 0.404 e. The Kier molecular flexibility index (Phi) is 4.00. The van der Waals surface area contributed by atoms with Crippen LogP contribution in [0.3, 0.4) is 0 Å². The van der Waals surface area contributed by atoms with Crippen molar-refractivity contribution in [3.63, 3.8) is 0 Å². The Morgan fingerprint density at radius 1 is 1.41 bits per heavy atom. The number of halogens is 2. The summed E-state index contributed by atoms with van der Waals surface area (Å²) in [4.78, 5) is 14.9. The third kappa shape index (κ3) is 2.90. The lowest BCUT2D eigenvalue weighted by Gasteiger charge is -2.08. The lowest BCUT2D eigenvalue weighted by molar-refractivity contribution is 0.194. The normalized spacial score (nSPS) is 10.8. The lowest BCUT2D eigenvalue weighted by atomic mass is 10.1. The van der Waals surface area contributed by atoms with Gasteiger partial charge in [0.05, 0.1) is 11.2 Å². The predicted molar refractivity (Wildman–Crippen MR) is 86.0 cm³/mol. The lowest BCUT2D eigenvalue weighted by Crippen LogP contribution is -2.20. The summed E-state index contributed by atoms with van der Waals surface area (Å²) in [5, 5.41) is 15.6. The van der Waals surface area contributed by atoms with Crippen LogP contribution in [0.4, 0.5) is 4.79 Å². The molecule has 112 valence electrons. The smallest absolute Gasteiger partial charge is 0.404 e. The fourth-order valence-corrected chi connectivity index (χ4v) is 2.79. The van der Waals surface area contributed by atoms with Gasteiger partial charge in [-0.05, 0) is 33.6 Å². The van der Waals surface area contributed by atoms with E-state index in [1.165, 1.54) is 6.33 Å². The first-order valence-corrected chi connectivity index (χ1v) is 7.46. The third-order valence-electron chi connectivity index (χ3n) is 3.13. The molecule has 1 amide bonds. The van der Waals surface area contributed by atoms with E-state index in [4.69, 9.17) is 16.7 Å². The highest BCUT2D eigenvalue weighted by atomic mass is 79.9. The van der Waals surface area contributed by atoms with Crippen molar-refractivity contribution in [3.8, 4) is 11.3 Å². The molecule has 0 aliphatic heterocycles. The molecule has 0 saturated carbocycles. The summed E-state index contributed by atoms with van der Waals surface area (Å²) in [6, 6.07) is 7.32. The second-order valence-corrected chi connectivity index (χ2v) is 5.88. The molecule has 2 aromatic heterocycles. The number of carboxylic acid groups (broad SMARTS) is 1. The van der Waals surface area contributed by atoms with Crippen LogP contribution >= 0.6 is 27.5 Å². The molecule has 0 radical (unpaired) electrons. The van der Waals surface area contributed by atoms with E-state index in [-0.39, 0.29) is 6.54 Å². The molecule has 0 fully saturated rings. The van der Waals surface area contributed by atoms with Gasteiger partial charge in [0.25, 0.3) is 0 Å². The van der Waals surface area contributed by atoms with Gasteiger partial charge in [0.2, 0.25) is 0 Å². The Labute approximate surface area is 138 Å². The SMILES string of the molecule is O=C(O)NCc1ccc(-c2ncnn3cc(Br)cc23)cc1Cl. The van der Waals surface area contributed by atoms with Crippen LogP contribution in [0.1, 0.15) is 5.56 Å². The van der Waals surface area contributed by atoms with E-state index in [0.29, 0.717) is 10.6 Å². The van der Waals surface area contributed by atoms with Crippen LogP contribution in [-0.2, 0) is 6.54 Å². The molecule has 0 saturated heterocycles. The van der Waals surface area contributed by atoms with E-state index < -0.39 is 6.09 Å². The molecular weight excluding hydrogens is 372 g/mol. The second-order valence-electron chi connectivity index (χ2n) is 4.56. The monoisotopic (exact) mass is 380 g/mol. The van der Waals surface area contributed by atoms with Crippen LogP contribution in [0.15, 0.2) is 41.3 Å². The highest BCUT2D eigenvalue weighted by Gasteiger charge is 2.10. The van der Waals surface area contributed by atoms with Gasteiger partial charge in [0, 0.05) is 27.8 Å². The molecule has 0 bridgehead atoms. The van der Waals surface area contributed by atoms with Crippen LogP contribution in [0.2, 0.25) is 5.02 Å². The van der Waals surface area contributed by atoms with Crippen molar-refractivity contribution in [1.82, 2.24) is 19.9 Å². The fourth-order valence-electron chi connectivity index (χ4n) is 2.13. The van der Waals surface area contributed by atoms with E-state index in [0.717, 1.165) is 21.2 Å². The summed E-state index contributed by atoms with van der Waals surface area (Å²) < 4.78 is 2.63. The fraction of sp³-hybridized carbons (Fsp3) is 0.0714. The number of amides is 1. The van der Waals surface area contributed by atoms with Crippen molar-refractivity contribution in [2.45, 2.75) is 6.54 Å². The number of hydrogen-bond acceptors (Lipinski definition) is 3. The van der Waals surface area contributed by atoms with Crippen molar-refractivity contribution < 1.29 is 9.90 Å². The molecule has 22 heavy (non-hydrogen) atoms. The van der Waals surface area contributed by atoms with E-state index in [1.54, 1.807) is 16.6 Å². The van der Waals surface area contributed by atoms with Gasteiger partial charge >= 0.3 is 6.09 Å². The van der Waals surface area contributed by atoms with Crippen LogP contribution < -0.4 is 5.32 Å². The Hall–Kier alpha value is -2.12. The van der Waals surface area contributed by atoms with Crippen LogP contribution in [-0.4, -0.2) is 25.8 Å². The van der Waals surface area contributed by atoms with Gasteiger partial charge in [0.15, 0.2) is 0 Å². The van der Waals surface area contributed by atoms with Crippen molar-refractivity contribution in [2.24, 2.45) is 0 Å². The van der Waals surface area contributed by atoms with E-state index in [2.05, 4.69) is 31.3 Å². The van der Waals surface area contributed by atoms with Crippen LogP contribution in [0.25, 0.3) is 16.8 Å². The first-order chi connectivity index (χ1) is 10.5. The Balaban J connectivity index is 2.00. The van der Waals surface area contributed by atoms with E-state index in [1.807, 2.05) is 18.3 Å². The zero-order valence-electron chi connectivity index (χ0n) is 11.1. The van der Waals surface area contributed by atoms with E-state index >= 15 is 0 Å². The Bertz CT molecular complexity index is 865. The highest BCUT2D eigenvalue weighted by Crippen LogP contribution is 2.28. The number of nitrogens with zero attached hydrogens (tertiary/aromatic N) is 3. The molecule has 3 rings (SSSR count).